The maximum atomic E-state index is 11.9. The molecular weight excluding hydrogens is 204 g/mol. The van der Waals surface area contributed by atoms with Gasteiger partial charge in [-0.1, -0.05) is 0 Å². The fraction of sp³-hybridized carbons (Fsp3) is 0.900. The first-order valence-corrected chi connectivity index (χ1v) is 5.32. The molecule has 0 aliphatic heterocycles. The van der Waals surface area contributed by atoms with Gasteiger partial charge in [-0.2, -0.15) is 0 Å². The fourth-order valence-corrected chi connectivity index (χ4v) is 2.37. The van der Waals surface area contributed by atoms with E-state index in [0.29, 0.717) is 11.8 Å². The molecule has 2 saturated carbocycles. The summed E-state index contributed by atoms with van der Waals surface area (Å²) in [6.07, 6.45) is -1.53. The summed E-state index contributed by atoms with van der Waals surface area (Å²) in [5.41, 5.74) is 0. The van der Waals surface area contributed by atoms with E-state index in [1.54, 1.807) is 0 Å². The fourth-order valence-electron chi connectivity index (χ4n) is 2.37. The number of carbonyl (C=O) groups is 1. The Morgan fingerprint density at radius 3 is 2.47 bits per heavy atom. The lowest BCUT2D eigenvalue weighted by Crippen LogP contribution is -2.38. The Bertz CT molecular complexity index is 250. The summed E-state index contributed by atoms with van der Waals surface area (Å²) >= 11 is 0. The average Bonchev–Trinajstić information content (AvgIpc) is 2.81. The van der Waals surface area contributed by atoms with E-state index in [1.807, 2.05) is 0 Å². The van der Waals surface area contributed by atoms with Gasteiger partial charge in [0.1, 0.15) is 6.10 Å². The van der Waals surface area contributed by atoms with Crippen molar-refractivity contribution >= 4 is 5.91 Å². The number of nitrogens with one attached hydrogen (secondary N) is 1. The van der Waals surface area contributed by atoms with E-state index >= 15 is 0 Å². The minimum atomic E-state index is -2.79. The molecule has 0 saturated heterocycles. The zero-order valence-electron chi connectivity index (χ0n) is 8.33. The molecule has 0 aromatic carbocycles. The highest BCUT2D eigenvalue weighted by atomic mass is 19.3. The van der Waals surface area contributed by atoms with Crippen LogP contribution in [0, 0.1) is 17.8 Å². The zero-order chi connectivity index (χ0) is 11.0. The molecule has 3 atom stereocenters. The number of hydrogen-bond acceptors (Lipinski definition) is 2. The largest absolute Gasteiger partial charge is 0.385 e. The number of hydrogen-bond donors (Lipinski definition) is 2. The molecule has 0 aromatic heterocycles. The summed E-state index contributed by atoms with van der Waals surface area (Å²) in [7, 11) is 0. The van der Waals surface area contributed by atoms with Crippen LogP contribution in [0.2, 0.25) is 0 Å². The average molecular weight is 219 g/mol. The number of rotatable bonds is 4. The van der Waals surface area contributed by atoms with E-state index in [1.165, 1.54) is 6.42 Å². The van der Waals surface area contributed by atoms with Crippen molar-refractivity contribution in [1.82, 2.24) is 5.32 Å². The highest BCUT2D eigenvalue weighted by molar-refractivity contribution is 5.79. The van der Waals surface area contributed by atoms with E-state index in [4.69, 9.17) is 5.11 Å². The summed E-state index contributed by atoms with van der Waals surface area (Å²) in [4.78, 5) is 11.5. The molecular formula is C10H15F2NO2. The zero-order valence-corrected chi connectivity index (χ0v) is 8.33. The van der Waals surface area contributed by atoms with Gasteiger partial charge in [0.2, 0.25) is 5.91 Å². The monoisotopic (exact) mass is 219 g/mol. The molecule has 0 aromatic rings. The van der Waals surface area contributed by atoms with Crippen molar-refractivity contribution in [2.75, 3.05) is 6.54 Å². The molecule has 2 rings (SSSR count). The Morgan fingerprint density at radius 1 is 1.33 bits per heavy atom. The van der Waals surface area contributed by atoms with Crippen molar-refractivity contribution in [3.8, 4) is 0 Å². The van der Waals surface area contributed by atoms with Crippen LogP contribution in [0.1, 0.15) is 19.3 Å². The van der Waals surface area contributed by atoms with Gasteiger partial charge >= 0.3 is 0 Å². The van der Waals surface area contributed by atoms with Crippen LogP contribution in [0.25, 0.3) is 0 Å². The van der Waals surface area contributed by atoms with Crippen LogP contribution in [-0.2, 0) is 4.79 Å². The number of halogens is 2. The van der Waals surface area contributed by atoms with Crippen molar-refractivity contribution in [1.29, 1.82) is 0 Å². The van der Waals surface area contributed by atoms with Crippen LogP contribution in [0.5, 0.6) is 0 Å². The lowest BCUT2D eigenvalue weighted by Gasteiger charge is -2.14. The minimum Gasteiger partial charge on any atom is -0.385 e. The molecule has 0 bridgehead atoms. The molecule has 3 unspecified atom stereocenters. The third kappa shape index (κ3) is 2.45. The van der Waals surface area contributed by atoms with Crippen LogP contribution in [0.4, 0.5) is 8.78 Å². The quantitative estimate of drug-likeness (QED) is 0.734. The van der Waals surface area contributed by atoms with Gasteiger partial charge in [-0.3, -0.25) is 4.79 Å². The second kappa shape index (κ2) is 4.04. The summed E-state index contributed by atoms with van der Waals surface area (Å²) in [6, 6.07) is 0. The molecule has 5 heteroatoms. The molecule has 3 nitrogen and oxygen atoms in total. The lowest BCUT2D eigenvalue weighted by molar-refractivity contribution is -0.126. The van der Waals surface area contributed by atoms with Gasteiger partial charge in [-0.15, -0.1) is 0 Å². The van der Waals surface area contributed by atoms with Gasteiger partial charge in [0.25, 0.3) is 6.43 Å². The van der Waals surface area contributed by atoms with Crippen LogP contribution >= 0.6 is 0 Å². The Balaban J connectivity index is 1.68. The summed E-state index contributed by atoms with van der Waals surface area (Å²) in [5, 5.41) is 11.2. The predicted octanol–water partition coefficient (Wildman–Crippen LogP) is 0.775. The summed E-state index contributed by atoms with van der Waals surface area (Å²) < 4.78 is 23.8. The van der Waals surface area contributed by atoms with Crippen LogP contribution in [0.15, 0.2) is 0 Å². The molecule has 86 valence electrons. The Kier molecular flexibility index (Phi) is 2.91. The van der Waals surface area contributed by atoms with Gasteiger partial charge in [0.05, 0.1) is 0 Å². The van der Waals surface area contributed by atoms with Crippen molar-refractivity contribution in [2.45, 2.75) is 31.8 Å². The molecule has 2 aliphatic carbocycles. The smallest absolute Gasteiger partial charge is 0.265 e. The van der Waals surface area contributed by atoms with E-state index in [0.717, 1.165) is 12.8 Å². The highest BCUT2D eigenvalue weighted by Crippen LogP contribution is 2.54. The summed E-state index contributed by atoms with van der Waals surface area (Å²) in [6.45, 7) is -0.345. The Hall–Kier alpha value is -0.710. The van der Waals surface area contributed by atoms with Crippen LogP contribution in [0.3, 0.4) is 0 Å². The van der Waals surface area contributed by atoms with Crippen LogP contribution < -0.4 is 5.32 Å². The second-order valence-electron chi connectivity index (χ2n) is 4.57. The molecule has 0 heterocycles. The van der Waals surface area contributed by atoms with Gasteiger partial charge in [-0.05, 0) is 31.1 Å². The Labute approximate surface area is 86.8 Å². The third-order valence-electron chi connectivity index (χ3n) is 3.39. The third-order valence-corrected chi connectivity index (χ3v) is 3.39. The Morgan fingerprint density at radius 2 is 1.93 bits per heavy atom. The van der Waals surface area contributed by atoms with E-state index in [2.05, 4.69) is 5.32 Å². The topological polar surface area (TPSA) is 49.3 Å². The first kappa shape index (κ1) is 10.8. The first-order chi connectivity index (χ1) is 7.08. The van der Waals surface area contributed by atoms with Crippen LogP contribution in [-0.4, -0.2) is 30.1 Å². The van der Waals surface area contributed by atoms with Gasteiger partial charge in [0.15, 0.2) is 0 Å². The first-order valence-electron chi connectivity index (χ1n) is 5.32. The number of aliphatic hydroxyl groups excluding tert-OH is 1. The lowest BCUT2D eigenvalue weighted by atomic mass is 10.0. The second-order valence-corrected chi connectivity index (χ2v) is 4.57. The molecule has 2 fully saturated rings. The van der Waals surface area contributed by atoms with Crippen molar-refractivity contribution in [3.05, 3.63) is 0 Å². The van der Waals surface area contributed by atoms with Gasteiger partial charge < -0.3 is 10.4 Å². The van der Waals surface area contributed by atoms with E-state index in [9.17, 15) is 13.6 Å². The van der Waals surface area contributed by atoms with Gasteiger partial charge in [0, 0.05) is 12.5 Å². The van der Waals surface area contributed by atoms with Crippen molar-refractivity contribution in [2.24, 2.45) is 17.8 Å². The molecule has 15 heavy (non-hydrogen) atoms. The van der Waals surface area contributed by atoms with E-state index in [-0.39, 0.29) is 18.4 Å². The normalized spacial score (nSPS) is 35.1. The van der Waals surface area contributed by atoms with Crippen molar-refractivity contribution in [3.63, 3.8) is 0 Å². The minimum absolute atomic E-state index is 0.0152. The standard InChI is InChI=1S/C10H15F2NO2/c11-9(12)8(14)4-13-10(15)7-2-5-1-6(5)3-7/h5-9,14H,1-4H2,(H,13,15). The number of aliphatic hydroxyl groups is 1. The molecule has 0 spiro atoms. The van der Waals surface area contributed by atoms with E-state index < -0.39 is 12.5 Å². The van der Waals surface area contributed by atoms with Crippen molar-refractivity contribution < 1.29 is 18.7 Å². The number of amides is 1. The molecule has 1 amide bonds. The molecule has 0 radical (unpaired) electrons. The number of carbonyl (C=O) groups excluding carboxylic acids is 1. The summed E-state index contributed by atoms with van der Waals surface area (Å²) in [5.74, 6) is 1.20. The maximum absolute atomic E-state index is 11.9. The molecule has 2 aliphatic rings. The molecule has 2 N–H and O–H groups in total. The highest BCUT2D eigenvalue weighted by Gasteiger charge is 2.47. The SMILES string of the molecule is O=C(NCC(O)C(F)F)C1CC2CC2C1. The number of fused-ring (bicyclic) bond motifs is 1. The maximum Gasteiger partial charge on any atom is 0.265 e. The predicted molar refractivity (Wildman–Crippen MR) is 49.3 cm³/mol. The number of alkyl halides is 2. The van der Waals surface area contributed by atoms with Gasteiger partial charge in [-0.25, -0.2) is 8.78 Å².